The number of nitrogens with one attached hydrogen (secondary N) is 4. The Morgan fingerprint density at radius 3 is 1.27 bits per heavy atom. The largest absolute Gasteiger partial charge is 0.504 e. The number of methoxy groups -OCH3 is 3. The molecule has 7 aromatic carbocycles. The number of nitrogens with zero attached hydrogens (tertiary/aromatic N) is 1. The number of rotatable bonds is 27. The van der Waals surface area contributed by atoms with Crippen molar-refractivity contribution in [2.45, 2.75) is 221 Å². The second kappa shape index (κ2) is 62.4. The SMILES string of the molecule is C.C=CCBr.C=CCOc1c(OC(C)C)cccc1C(=O)OC.CC(C)=O.CC(C)Oc1cccc2c1OC(C)(C)OC2=O.CC1(C)OC(=O)c2cccc(O)c2O1.COC(=O)c1cccc(OC(C)C)c1O.COC(=O)c1cccc(OC(C)C)c1OCCNCc1c(C)cc(C)[nH]c1=O.Cc1cc(C)c(CN)c(=O)[nH]1.Cc1cc(C)c(CN2CCOc3c(OC(C)C)cccc3C2=O)c(=O)[nH]1.O=C(O)c1cccc(O)c1O. The molecule has 0 bridgehead atoms. The quantitative estimate of drug-likeness (QED) is 0.00571. The number of aromatic amines is 3. The number of aromatic nitrogens is 3. The molecule has 0 saturated heterocycles. The van der Waals surface area contributed by atoms with E-state index in [1.807, 2.05) is 129 Å². The van der Waals surface area contributed by atoms with Crippen molar-refractivity contribution in [2.75, 3.05) is 59.6 Å². The van der Waals surface area contributed by atoms with Crippen molar-refractivity contribution < 1.29 is 135 Å². The lowest BCUT2D eigenvalue weighted by Crippen LogP contribution is -2.39. The fraction of sp³-hybridized carbons (Fsp3) is 0.378. The van der Waals surface area contributed by atoms with Crippen molar-refractivity contribution in [3.05, 3.63) is 291 Å². The molecule has 3 aromatic heterocycles. The fourth-order valence-electron chi connectivity index (χ4n) is 13.4. The van der Waals surface area contributed by atoms with Gasteiger partial charge in [0.15, 0.2) is 80.5 Å². The van der Waals surface area contributed by atoms with Crippen molar-refractivity contribution in [1.82, 2.24) is 25.2 Å². The predicted molar refractivity (Wildman–Crippen MR) is 570 cm³/mol. The van der Waals surface area contributed by atoms with E-state index in [9.17, 15) is 63.0 Å². The number of nitrogens with two attached hydrogens (primary N) is 1. The number of carbonyl (C=O) groups is 8. The van der Waals surface area contributed by atoms with E-state index in [1.165, 1.54) is 65.5 Å². The molecule has 6 heterocycles. The number of carboxylic acids is 1. The van der Waals surface area contributed by atoms with Crippen LogP contribution in [0.15, 0.2) is 185 Å². The maximum atomic E-state index is 13.0. The number of ketones is 1. The van der Waals surface area contributed by atoms with Gasteiger partial charge in [0, 0.05) is 86.4 Å². The van der Waals surface area contributed by atoms with Crippen LogP contribution >= 0.6 is 15.9 Å². The van der Waals surface area contributed by atoms with E-state index in [-0.39, 0.29) is 119 Å². The number of carboxylic acid groups (broad SMARTS) is 1. The van der Waals surface area contributed by atoms with Gasteiger partial charge in [-0.1, -0.05) is 84.6 Å². The highest BCUT2D eigenvalue weighted by atomic mass is 79.9. The van der Waals surface area contributed by atoms with Crippen LogP contribution in [0.1, 0.15) is 241 Å². The molecule has 0 unspecified atom stereocenters. The average molecular weight is 2140 g/mol. The molecule has 0 spiro atoms. The molecule has 10 aromatic rings. The molecule has 13 rings (SSSR count). The number of aryl methyl sites for hydroxylation is 6. The number of amides is 1. The minimum Gasteiger partial charge on any atom is -0.504 e. The summed E-state index contributed by atoms with van der Waals surface area (Å²) < 4.78 is 80.4. The third-order valence-corrected chi connectivity index (χ3v) is 19.9. The Kier molecular flexibility index (Phi) is 53.5. The monoisotopic (exact) mass is 2130 g/mol. The summed E-state index contributed by atoms with van der Waals surface area (Å²) in [5.41, 5.74) is 13.9. The summed E-state index contributed by atoms with van der Waals surface area (Å²) in [5.74, 6) is -2.58. The second-order valence-electron chi connectivity index (χ2n) is 35.0. The molecule has 0 fully saturated rings. The Labute approximate surface area is 877 Å². The molecule has 37 nitrogen and oxygen atoms in total. The van der Waals surface area contributed by atoms with Gasteiger partial charge in [0.25, 0.3) is 22.6 Å². The number of esters is 5. The fourth-order valence-corrected chi connectivity index (χ4v) is 13.4. The summed E-state index contributed by atoms with van der Waals surface area (Å²) in [6.07, 6.45) is 3.25. The number of aromatic carboxylic acids is 1. The number of para-hydroxylation sites is 7. The summed E-state index contributed by atoms with van der Waals surface area (Å²) >= 11 is 3.13. The minimum atomic E-state index is -1.27. The third kappa shape index (κ3) is 41.3. The van der Waals surface area contributed by atoms with Crippen molar-refractivity contribution in [3.8, 4) is 80.5 Å². The maximum Gasteiger partial charge on any atom is 0.345 e. The van der Waals surface area contributed by atoms with Gasteiger partial charge < -0.3 is 132 Å². The predicted octanol–water partition coefficient (Wildman–Crippen LogP) is 18.8. The Bertz CT molecular complexity index is 6350. The molecular formula is C111H143BrN6O31. The number of allylic oxidation sites excluding steroid dienone is 1. The molecular weight excluding hydrogens is 1990 g/mol. The summed E-state index contributed by atoms with van der Waals surface area (Å²) in [6.45, 7) is 49.7. The van der Waals surface area contributed by atoms with Crippen LogP contribution in [0.3, 0.4) is 0 Å². The van der Waals surface area contributed by atoms with Crippen LogP contribution in [-0.2, 0) is 48.1 Å². The molecule has 1 amide bonds. The number of alkyl halides is 1. The number of hydrogen-bond acceptors (Lipinski definition) is 32. The molecule has 0 saturated carbocycles. The minimum absolute atomic E-state index is 0. The van der Waals surface area contributed by atoms with Crippen LogP contribution in [0.2, 0.25) is 0 Å². The zero-order chi connectivity index (χ0) is 111. The molecule has 3 aliphatic rings. The highest BCUT2D eigenvalue weighted by Gasteiger charge is 2.38. The highest BCUT2D eigenvalue weighted by Crippen LogP contribution is 2.42. The number of phenols is 4. The summed E-state index contributed by atoms with van der Waals surface area (Å²) in [7, 11) is 3.92. The number of fused-ring (bicyclic) bond motifs is 3. The highest BCUT2D eigenvalue weighted by molar-refractivity contribution is 9.09. The topological polar surface area (TPSA) is 516 Å². The number of halogens is 1. The number of ether oxygens (including phenoxy) is 15. The van der Waals surface area contributed by atoms with Gasteiger partial charge in [-0.3, -0.25) is 19.2 Å². The number of H-pyrrole nitrogens is 3. The zero-order valence-corrected chi connectivity index (χ0v) is 90.0. The van der Waals surface area contributed by atoms with Gasteiger partial charge in [0.2, 0.25) is 11.6 Å². The Balaban J connectivity index is 0.000000440. The average Bonchev–Trinajstić information content (AvgIpc) is 1.10. The van der Waals surface area contributed by atoms with Crippen LogP contribution < -0.4 is 75.1 Å². The van der Waals surface area contributed by atoms with Crippen LogP contribution in [0, 0.1) is 41.5 Å². The number of pyridine rings is 3. The number of aromatic hydroxyl groups is 4. The van der Waals surface area contributed by atoms with Gasteiger partial charge in [0.1, 0.15) is 59.0 Å². The number of phenolic OH excluding ortho intramolecular Hbond substituents is 3. The van der Waals surface area contributed by atoms with Gasteiger partial charge in [-0.25, -0.2) is 28.8 Å². The second-order valence-corrected chi connectivity index (χ2v) is 35.6. The van der Waals surface area contributed by atoms with Gasteiger partial charge >= 0.3 is 35.8 Å². The van der Waals surface area contributed by atoms with E-state index in [4.69, 9.17) is 87.4 Å². The van der Waals surface area contributed by atoms with Crippen molar-refractivity contribution >= 4 is 63.4 Å². The van der Waals surface area contributed by atoms with E-state index in [0.717, 1.165) is 39.1 Å². The first kappa shape index (κ1) is 128. The molecule has 0 atom stereocenters. The maximum absolute atomic E-state index is 13.0. The Morgan fingerprint density at radius 1 is 0.477 bits per heavy atom. The van der Waals surface area contributed by atoms with Crippen molar-refractivity contribution in [2.24, 2.45) is 5.73 Å². The summed E-state index contributed by atoms with van der Waals surface area (Å²) in [5, 5.41) is 49.5. The standard InChI is InChI=1S/C21H28N2O5.C20H24N2O4.C14H18O4.C13H16O4.C11H14O4.C10H10O4.C8H12N2O.C7H6O4.C3H5Br.C3H6O.CH4/c1-13(2)28-18-8-6-7-16(21(25)26-5)19(18)27-10-9-22-12-17-14(3)11-15(4)23-20(17)24;1-12(2)26-17-7-5-6-15-18(17)25-9-8-22(20(15)24)11-16-13(3)10-14(4)21-19(16)23;1-5-9-17-13-11(14(15)16-4)7-6-8-12(13)18-10(2)3;1-8(2)15-10-7-5-6-9-11(10)16-13(3,4)17-12(9)14;1-7(2)15-9-6-4-5-8(10(9)12)11(13)14-3;1-10(2)13-8-6(9(12)14-10)4-3-5-7(8)11;1-5-3-6(2)10-8(11)7(5)4-9;8-5-3-1-2-4(6(5)9)7(10)11;1-2-3-4;1-3(2)4;/h6-8,11,13,22H,9-10,12H2,1-5H3,(H,23,24);5-7,10,12H,8-9,11H2,1-4H3,(H,21,23);5-8,10H,1,9H2,2-4H3;5-8H,1-4H3;4-7,12H,1-3H3;3-5,11H,1-2H3;3H,4,9H2,1-2H3,(H,10,11);1-3,8-9H,(H,10,11);2H,1,3H2;1-2H3;1H4. The first-order chi connectivity index (χ1) is 69.6. The van der Waals surface area contributed by atoms with Gasteiger partial charge in [-0.2, -0.15) is 0 Å². The Hall–Kier alpha value is -15.6. The lowest BCUT2D eigenvalue weighted by atomic mass is 10.1. The van der Waals surface area contributed by atoms with E-state index >= 15 is 0 Å². The first-order valence-corrected chi connectivity index (χ1v) is 48.0. The van der Waals surface area contributed by atoms with Crippen molar-refractivity contribution in [1.29, 1.82) is 0 Å². The van der Waals surface area contributed by atoms with Crippen LogP contribution in [0.25, 0.3) is 0 Å². The number of hydrogen-bond donors (Lipinski definition) is 10. The Morgan fingerprint density at radius 2 is 0.839 bits per heavy atom. The van der Waals surface area contributed by atoms with Gasteiger partial charge in [0.05, 0.1) is 70.5 Å². The molecule has 810 valence electrons. The van der Waals surface area contributed by atoms with E-state index in [2.05, 4.69) is 54.1 Å². The smallest absolute Gasteiger partial charge is 0.345 e. The van der Waals surface area contributed by atoms with E-state index in [0.29, 0.717) is 131 Å². The molecule has 38 heteroatoms. The van der Waals surface area contributed by atoms with Crippen LogP contribution in [0.5, 0.6) is 80.5 Å². The molecule has 3 aliphatic heterocycles. The number of carbonyl (C=O) groups excluding carboxylic acids is 7. The number of benzene rings is 7. The van der Waals surface area contributed by atoms with Gasteiger partial charge in [-0.05, 0) is 244 Å². The van der Waals surface area contributed by atoms with Crippen LogP contribution in [0.4, 0.5) is 0 Å². The third-order valence-electron chi connectivity index (χ3n) is 19.4. The first-order valence-electron chi connectivity index (χ1n) is 46.9. The molecule has 149 heavy (non-hydrogen) atoms. The normalized spacial score (nSPS) is 12.1. The molecule has 11 N–H and O–H groups in total. The number of Topliss-reactive ketones (excluding diaryl/α,β-unsaturated/α-hetero) is 1. The zero-order valence-electron chi connectivity index (χ0n) is 88.4. The lowest BCUT2D eigenvalue weighted by Gasteiger charge is -2.32. The van der Waals surface area contributed by atoms with Crippen molar-refractivity contribution in [3.63, 3.8) is 0 Å². The van der Waals surface area contributed by atoms with E-state index in [1.54, 1.807) is 142 Å². The molecule has 0 aliphatic carbocycles. The summed E-state index contributed by atoms with van der Waals surface area (Å²) in [6, 6.07) is 39.6. The van der Waals surface area contributed by atoms with E-state index < -0.39 is 52.9 Å². The number of cyclic esters (lactones) is 2. The summed E-state index contributed by atoms with van der Waals surface area (Å²) in [4.78, 5) is 136. The lowest BCUT2D eigenvalue weighted by molar-refractivity contribution is -0.129. The molecule has 0 radical (unpaired) electrons. The van der Waals surface area contributed by atoms with Gasteiger partial charge in [-0.15, -0.1) is 6.58 Å². The van der Waals surface area contributed by atoms with Crippen LogP contribution in [-0.4, -0.2) is 195 Å².